The Morgan fingerprint density at radius 2 is 1.17 bits per heavy atom. The zero-order chi connectivity index (χ0) is 32.0. The van der Waals surface area contributed by atoms with Crippen LogP contribution >= 0.6 is 0 Å². The smallest absolute Gasteiger partial charge is 0.227 e. The molecule has 3 nitrogen and oxygen atoms in total. The van der Waals surface area contributed by atoms with Gasteiger partial charge in [-0.3, -0.25) is 0 Å². The molecule has 0 saturated carbocycles. The molecule has 0 fully saturated rings. The fourth-order valence-corrected chi connectivity index (χ4v) is 7.90. The first-order valence-electron chi connectivity index (χ1n) is 16.5. The number of pyridine rings is 1. The fraction of sp³-hybridized carbons (Fsp3) is 0.0667. The van der Waals surface area contributed by atoms with Crippen LogP contribution in [0.25, 0.3) is 88.5 Å². The summed E-state index contributed by atoms with van der Waals surface area (Å²) in [4.78, 5) is 10.1. The monoisotopic (exact) mass is 614 g/mol. The van der Waals surface area contributed by atoms with Gasteiger partial charge in [-0.05, 0) is 91.6 Å². The molecule has 0 spiro atoms. The number of rotatable bonds is 3. The molecular weight excluding hydrogens is 585 g/mol. The van der Waals surface area contributed by atoms with Gasteiger partial charge in [0, 0.05) is 27.5 Å². The number of benzene rings is 7. The zero-order valence-electron chi connectivity index (χ0n) is 26.7. The maximum Gasteiger partial charge on any atom is 0.227 e. The first kappa shape index (κ1) is 27.1. The van der Waals surface area contributed by atoms with E-state index < -0.39 is 0 Å². The third-order valence-electron chi connectivity index (χ3n) is 10.3. The molecule has 0 atom stereocenters. The molecule has 9 aromatic rings. The van der Waals surface area contributed by atoms with E-state index in [-0.39, 0.29) is 5.41 Å². The number of aromatic nitrogens is 2. The van der Waals surface area contributed by atoms with E-state index in [4.69, 9.17) is 14.4 Å². The van der Waals surface area contributed by atoms with Gasteiger partial charge in [0.1, 0.15) is 5.52 Å². The zero-order valence-corrected chi connectivity index (χ0v) is 26.7. The number of hydrogen-bond donors (Lipinski definition) is 0. The predicted molar refractivity (Wildman–Crippen MR) is 198 cm³/mol. The van der Waals surface area contributed by atoms with Crippen LogP contribution in [0.5, 0.6) is 0 Å². The van der Waals surface area contributed by atoms with E-state index in [0.29, 0.717) is 5.89 Å². The van der Waals surface area contributed by atoms with E-state index in [1.807, 2.05) is 36.4 Å². The van der Waals surface area contributed by atoms with Crippen LogP contribution in [0.4, 0.5) is 0 Å². The highest BCUT2D eigenvalue weighted by molar-refractivity contribution is 6.18. The molecule has 0 aliphatic heterocycles. The lowest BCUT2D eigenvalue weighted by molar-refractivity contribution is 0.623. The molecule has 48 heavy (non-hydrogen) atoms. The van der Waals surface area contributed by atoms with E-state index in [0.717, 1.165) is 60.7 Å². The quantitative estimate of drug-likeness (QED) is 0.186. The van der Waals surface area contributed by atoms with Gasteiger partial charge in [-0.1, -0.05) is 117 Å². The van der Waals surface area contributed by atoms with E-state index in [9.17, 15) is 0 Å². The van der Waals surface area contributed by atoms with Gasteiger partial charge in [0.05, 0.1) is 11.4 Å². The molecule has 1 aliphatic carbocycles. The lowest BCUT2D eigenvalue weighted by Gasteiger charge is -2.23. The standard InChI is InChI=1S/C45H30N2O/c1-45(2)37-26-32(20-22-34(37)35-23-19-27-9-6-7-12-33(27)42(35)45)39-14-8-13-38(46-39)31-18-16-28-15-17-29-21-24-40-43(41(29)36(28)25-31)48-44(47-40)30-10-4-3-5-11-30/h3-26H,1-2H3. The summed E-state index contributed by atoms with van der Waals surface area (Å²) in [6.45, 7) is 4.71. The van der Waals surface area contributed by atoms with Crippen molar-refractivity contribution in [3.8, 4) is 45.1 Å². The third-order valence-corrected chi connectivity index (χ3v) is 10.3. The second-order valence-corrected chi connectivity index (χ2v) is 13.4. The second-order valence-electron chi connectivity index (χ2n) is 13.4. The topological polar surface area (TPSA) is 38.9 Å². The summed E-state index contributed by atoms with van der Waals surface area (Å²) in [5.41, 5.74) is 12.0. The van der Waals surface area contributed by atoms with Gasteiger partial charge in [-0.25, -0.2) is 9.97 Å². The maximum absolute atomic E-state index is 6.47. The number of hydrogen-bond acceptors (Lipinski definition) is 3. The largest absolute Gasteiger partial charge is 0.435 e. The highest BCUT2D eigenvalue weighted by Gasteiger charge is 2.37. The highest BCUT2D eigenvalue weighted by Crippen LogP contribution is 2.52. The van der Waals surface area contributed by atoms with Crippen LogP contribution in [0.2, 0.25) is 0 Å². The molecule has 0 unspecified atom stereocenters. The molecule has 7 aromatic carbocycles. The van der Waals surface area contributed by atoms with Crippen molar-refractivity contribution in [1.29, 1.82) is 0 Å². The summed E-state index contributed by atoms with van der Waals surface area (Å²) in [5, 5.41) is 7.10. The normalized spacial score (nSPS) is 13.4. The molecule has 0 N–H and O–H groups in total. The lowest BCUT2D eigenvalue weighted by Crippen LogP contribution is -2.15. The molecule has 0 bridgehead atoms. The molecule has 2 heterocycles. The fourth-order valence-electron chi connectivity index (χ4n) is 7.90. The average molecular weight is 615 g/mol. The van der Waals surface area contributed by atoms with Crippen LogP contribution in [0.15, 0.2) is 150 Å². The van der Waals surface area contributed by atoms with Gasteiger partial charge < -0.3 is 4.42 Å². The minimum atomic E-state index is -0.120. The Kier molecular flexibility index (Phi) is 5.63. The van der Waals surface area contributed by atoms with Gasteiger partial charge >= 0.3 is 0 Å². The van der Waals surface area contributed by atoms with Gasteiger partial charge in [-0.2, -0.15) is 0 Å². The number of nitrogens with zero attached hydrogens (tertiary/aromatic N) is 2. The Morgan fingerprint density at radius 1 is 0.500 bits per heavy atom. The molecule has 0 saturated heterocycles. The Bertz CT molecular complexity index is 2750. The molecular formula is C45H30N2O. The van der Waals surface area contributed by atoms with Crippen molar-refractivity contribution in [3.63, 3.8) is 0 Å². The van der Waals surface area contributed by atoms with Crippen LogP contribution in [0.3, 0.4) is 0 Å². The van der Waals surface area contributed by atoms with Gasteiger partial charge in [0.15, 0.2) is 5.58 Å². The molecule has 10 rings (SSSR count). The Labute approximate surface area is 278 Å². The summed E-state index contributed by atoms with van der Waals surface area (Å²) in [5.74, 6) is 0.634. The third kappa shape index (κ3) is 3.94. The summed E-state index contributed by atoms with van der Waals surface area (Å²) < 4.78 is 6.47. The van der Waals surface area contributed by atoms with Gasteiger partial charge in [0.25, 0.3) is 0 Å². The predicted octanol–water partition coefficient (Wildman–Crippen LogP) is 12.0. The number of oxazole rings is 1. The summed E-state index contributed by atoms with van der Waals surface area (Å²) in [6.07, 6.45) is 0. The van der Waals surface area contributed by atoms with Crippen LogP contribution in [0, 0.1) is 0 Å². The van der Waals surface area contributed by atoms with Gasteiger partial charge in [0.2, 0.25) is 5.89 Å². The molecule has 0 amide bonds. The van der Waals surface area contributed by atoms with E-state index in [1.54, 1.807) is 0 Å². The first-order chi connectivity index (χ1) is 23.5. The molecule has 226 valence electrons. The first-order valence-corrected chi connectivity index (χ1v) is 16.5. The van der Waals surface area contributed by atoms with Crippen molar-refractivity contribution in [1.82, 2.24) is 9.97 Å². The SMILES string of the molecule is CC1(C)c2cc(-c3cccc(-c4ccc5ccc6ccc7nc(-c8ccccc8)oc7c6c5c4)n3)ccc2-c2ccc3ccccc3c21. The lowest BCUT2D eigenvalue weighted by atomic mass is 9.80. The number of fused-ring (bicyclic) bond motifs is 10. The van der Waals surface area contributed by atoms with Gasteiger partial charge in [-0.15, -0.1) is 0 Å². The van der Waals surface area contributed by atoms with E-state index >= 15 is 0 Å². The highest BCUT2D eigenvalue weighted by atomic mass is 16.3. The van der Waals surface area contributed by atoms with Crippen molar-refractivity contribution in [3.05, 3.63) is 157 Å². The average Bonchev–Trinajstić information content (AvgIpc) is 3.68. The molecule has 1 aliphatic rings. The minimum absolute atomic E-state index is 0.120. The van der Waals surface area contributed by atoms with Crippen LogP contribution in [-0.4, -0.2) is 9.97 Å². The van der Waals surface area contributed by atoms with Crippen molar-refractivity contribution in [2.24, 2.45) is 0 Å². The van der Waals surface area contributed by atoms with Crippen molar-refractivity contribution >= 4 is 43.4 Å². The van der Waals surface area contributed by atoms with Crippen LogP contribution in [-0.2, 0) is 5.41 Å². The van der Waals surface area contributed by atoms with Crippen LogP contribution < -0.4 is 0 Å². The Balaban J connectivity index is 1.09. The van der Waals surface area contributed by atoms with Crippen LogP contribution in [0.1, 0.15) is 25.0 Å². The van der Waals surface area contributed by atoms with Crippen molar-refractivity contribution in [2.45, 2.75) is 19.3 Å². The summed E-state index contributed by atoms with van der Waals surface area (Å²) in [6, 6.07) is 51.7. The van der Waals surface area contributed by atoms with Crippen molar-refractivity contribution < 1.29 is 4.42 Å². The van der Waals surface area contributed by atoms with Crippen molar-refractivity contribution in [2.75, 3.05) is 0 Å². The minimum Gasteiger partial charge on any atom is -0.435 e. The molecule has 0 radical (unpaired) electrons. The second kappa shape index (κ2) is 9.97. The summed E-state index contributed by atoms with van der Waals surface area (Å²) >= 11 is 0. The Morgan fingerprint density at radius 3 is 2.04 bits per heavy atom. The Hall–Kier alpha value is -6.06. The summed E-state index contributed by atoms with van der Waals surface area (Å²) in [7, 11) is 0. The molecule has 3 heteroatoms. The van der Waals surface area contributed by atoms with E-state index in [2.05, 4.69) is 123 Å². The van der Waals surface area contributed by atoms with E-state index in [1.165, 1.54) is 33.0 Å². The maximum atomic E-state index is 6.47. The molecule has 2 aromatic heterocycles.